The molecule has 0 bridgehead atoms. The Hall–Kier alpha value is -2.73. The molecule has 23 heavy (non-hydrogen) atoms. The van der Waals surface area contributed by atoms with E-state index in [9.17, 15) is 14.4 Å². The van der Waals surface area contributed by atoms with Crippen molar-refractivity contribution >= 4 is 34.2 Å². The molecule has 6 nitrogen and oxygen atoms in total. The predicted molar refractivity (Wildman–Crippen MR) is 83.3 cm³/mol. The largest absolute Gasteiger partial charge is 0.368 e. The Morgan fingerprint density at radius 2 is 1.91 bits per heavy atom. The Morgan fingerprint density at radius 1 is 1.13 bits per heavy atom. The monoisotopic (exact) mass is 310 g/mol. The lowest BCUT2D eigenvalue weighted by Crippen LogP contribution is -2.34. The van der Waals surface area contributed by atoms with Crippen LogP contribution < -0.4 is 10.6 Å². The van der Waals surface area contributed by atoms with Gasteiger partial charge in [0.1, 0.15) is 6.10 Å². The van der Waals surface area contributed by atoms with Gasteiger partial charge < -0.3 is 10.1 Å². The van der Waals surface area contributed by atoms with E-state index in [-0.39, 0.29) is 5.91 Å². The van der Waals surface area contributed by atoms with Crippen molar-refractivity contribution in [1.29, 1.82) is 0 Å². The molecule has 1 saturated heterocycles. The Kier molecular flexibility index (Phi) is 3.12. The van der Waals surface area contributed by atoms with Crippen molar-refractivity contribution in [2.45, 2.75) is 18.9 Å². The van der Waals surface area contributed by atoms with E-state index >= 15 is 0 Å². The molecule has 0 radical (unpaired) electrons. The molecule has 2 aromatic rings. The van der Waals surface area contributed by atoms with E-state index in [1.807, 2.05) is 0 Å². The molecule has 3 amide bonds. The molecule has 0 aliphatic carbocycles. The molecule has 1 fully saturated rings. The number of benzene rings is 2. The first-order chi connectivity index (χ1) is 11.1. The van der Waals surface area contributed by atoms with Crippen LogP contribution in [-0.4, -0.2) is 30.4 Å². The molecule has 2 N–H and O–H groups in total. The number of nitrogens with one attached hydrogen (secondary N) is 2. The van der Waals surface area contributed by atoms with E-state index in [1.165, 1.54) is 0 Å². The lowest BCUT2D eigenvalue weighted by molar-refractivity contribution is -0.124. The lowest BCUT2D eigenvalue weighted by atomic mass is 9.94. The Balaban J connectivity index is 1.81. The number of rotatable bonds is 2. The zero-order valence-electron chi connectivity index (χ0n) is 12.2. The molecular formula is C17H14N2O4. The topological polar surface area (TPSA) is 84.5 Å². The molecule has 0 aromatic heterocycles. The molecule has 0 spiro atoms. The van der Waals surface area contributed by atoms with E-state index in [4.69, 9.17) is 4.74 Å². The summed E-state index contributed by atoms with van der Waals surface area (Å²) in [7, 11) is 0. The third-order valence-electron chi connectivity index (χ3n) is 4.24. The zero-order chi connectivity index (χ0) is 16.0. The van der Waals surface area contributed by atoms with Gasteiger partial charge >= 0.3 is 0 Å². The quantitative estimate of drug-likeness (QED) is 0.829. The number of ether oxygens (including phenoxy) is 1. The fourth-order valence-corrected chi connectivity index (χ4v) is 3.13. The molecule has 2 aromatic carbocycles. The van der Waals surface area contributed by atoms with Crippen molar-refractivity contribution in [2.24, 2.45) is 0 Å². The Bertz CT molecular complexity index is 833. The second kappa shape index (κ2) is 5.17. The third kappa shape index (κ3) is 2.19. The van der Waals surface area contributed by atoms with Crippen LogP contribution >= 0.6 is 0 Å². The SMILES string of the molecule is O=C1NC(=O)c2ccc(NC(=O)[C@@H]3CCCO3)c3cccc1c23. The standard InChI is InChI=1S/C17H14N2O4/c20-15-10-4-1-3-9-12(18-17(22)13-5-2-8-23-13)7-6-11(14(9)10)16(21)19-15/h1,3-4,6-7,13H,2,5,8H2,(H,18,22)(H,19,20,21)/t13-/m0/s1. The van der Waals surface area contributed by atoms with Crippen LogP contribution in [0.25, 0.3) is 10.8 Å². The van der Waals surface area contributed by atoms with Gasteiger partial charge in [-0.25, -0.2) is 0 Å². The number of anilines is 1. The van der Waals surface area contributed by atoms with Gasteiger partial charge in [0.15, 0.2) is 0 Å². The van der Waals surface area contributed by atoms with Crippen LogP contribution in [0.4, 0.5) is 5.69 Å². The van der Waals surface area contributed by atoms with E-state index in [2.05, 4.69) is 10.6 Å². The van der Waals surface area contributed by atoms with Crippen LogP contribution in [0.15, 0.2) is 30.3 Å². The smallest absolute Gasteiger partial charge is 0.258 e. The fourth-order valence-electron chi connectivity index (χ4n) is 3.13. The average molecular weight is 310 g/mol. The maximum atomic E-state index is 12.3. The predicted octanol–water partition coefficient (Wildman–Crippen LogP) is 1.84. The van der Waals surface area contributed by atoms with Crippen LogP contribution in [-0.2, 0) is 9.53 Å². The van der Waals surface area contributed by atoms with Gasteiger partial charge in [-0.3, -0.25) is 19.7 Å². The number of amides is 3. The second-order valence-corrected chi connectivity index (χ2v) is 5.66. The minimum Gasteiger partial charge on any atom is -0.368 e. The van der Waals surface area contributed by atoms with Crippen LogP contribution in [0.3, 0.4) is 0 Å². The first-order valence-electron chi connectivity index (χ1n) is 7.49. The summed E-state index contributed by atoms with van der Waals surface area (Å²) >= 11 is 0. The van der Waals surface area contributed by atoms with Crippen molar-refractivity contribution in [3.63, 3.8) is 0 Å². The molecular weight excluding hydrogens is 296 g/mol. The van der Waals surface area contributed by atoms with Gasteiger partial charge in [-0.05, 0) is 31.0 Å². The summed E-state index contributed by atoms with van der Waals surface area (Å²) in [6.07, 6.45) is 1.13. The van der Waals surface area contributed by atoms with Gasteiger partial charge in [-0.2, -0.15) is 0 Å². The molecule has 0 saturated carbocycles. The third-order valence-corrected chi connectivity index (χ3v) is 4.24. The summed E-state index contributed by atoms with van der Waals surface area (Å²) < 4.78 is 5.38. The first-order valence-corrected chi connectivity index (χ1v) is 7.49. The highest BCUT2D eigenvalue weighted by atomic mass is 16.5. The normalized spacial score (nSPS) is 19.7. The van der Waals surface area contributed by atoms with Crippen molar-refractivity contribution in [1.82, 2.24) is 5.32 Å². The molecule has 0 unspecified atom stereocenters. The van der Waals surface area contributed by atoms with Crippen LogP contribution in [0.1, 0.15) is 33.6 Å². The van der Waals surface area contributed by atoms with Crippen LogP contribution in [0.5, 0.6) is 0 Å². The summed E-state index contributed by atoms with van der Waals surface area (Å²) in [6.45, 7) is 0.594. The van der Waals surface area contributed by atoms with Gasteiger partial charge in [0.25, 0.3) is 17.7 Å². The van der Waals surface area contributed by atoms with Gasteiger partial charge in [0.2, 0.25) is 0 Å². The number of carbonyl (C=O) groups is 3. The van der Waals surface area contributed by atoms with E-state index in [0.717, 1.165) is 6.42 Å². The molecule has 2 aliphatic rings. The summed E-state index contributed by atoms with van der Waals surface area (Å²) in [5, 5.41) is 6.42. The number of carbonyl (C=O) groups excluding carboxylic acids is 3. The van der Waals surface area contributed by atoms with Gasteiger partial charge in [-0.15, -0.1) is 0 Å². The van der Waals surface area contributed by atoms with Crippen LogP contribution in [0.2, 0.25) is 0 Å². The summed E-state index contributed by atoms with van der Waals surface area (Å²) in [4.78, 5) is 36.2. The minimum atomic E-state index is -0.439. The summed E-state index contributed by atoms with van der Waals surface area (Å²) in [5.41, 5.74) is 1.45. The van der Waals surface area contributed by atoms with Gasteiger partial charge in [0.05, 0.1) is 0 Å². The molecule has 116 valence electrons. The van der Waals surface area contributed by atoms with Gasteiger partial charge in [0, 0.05) is 34.2 Å². The Labute approximate surface area is 131 Å². The summed E-state index contributed by atoms with van der Waals surface area (Å²) in [6, 6.07) is 8.50. The lowest BCUT2D eigenvalue weighted by Gasteiger charge is -2.19. The zero-order valence-corrected chi connectivity index (χ0v) is 12.2. The van der Waals surface area contributed by atoms with Crippen molar-refractivity contribution in [3.05, 3.63) is 41.5 Å². The molecule has 1 atom stereocenters. The van der Waals surface area contributed by atoms with Crippen molar-refractivity contribution < 1.29 is 19.1 Å². The molecule has 2 aliphatic heterocycles. The Morgan fingerprint density at radius 3 is 2.65 bits per heavy atom. The van der Waals surface area contributed by atoms with Crippen molar-refractivity contribution in [3.8, 4) is 0 Å². The maximum absolute atomic E-state index is 12.3. The number of hydrogen-bond acceptors (Lipinski definition) is 4. The second-order valence-electron chi connectivity index (χ2n) is 5.66. The van der Waals surface area contributed by atoms with E-state index < -0.39 is 17.9 Å². The highest BCUT2D eigenvalue weighted by Crippen LogP contribution is 2.32. The van der Waals surface area contributed by atoms with Gasteiger partial charge in [-0.1, -0.05) is 12.1 Å². The molecule has 2 heterocycles. The van der Waals surface area contributed by atoms with Crippen molar-refractivity contribution in [2.75, 3.05) is 11.9 Å². The average Bonchev–Trinajstić information content (AvgIpc) is 3.08. The first kappa shape index (κ1) is 13.9. The molecule has 4 rings (SSSR count). The minimum absolute atomic E-state index is 0.199. The molecule has 6 heteroatoms. The number of imide groups is 1. The fraction of sp³-hybridized carbons (Fsp3) is 0.235. The van der Waals surface area contributed by atoms with Crippen LogP contribution in [0, 0.1) is 0 Å². The maximum Gasteiger partial charge on any atom is 0.258 e. The van der Waals surface area contributed by atoms with E-state index in [0.29, 0.717) is 40.6 Å². The number of hydrogen-bond donors (Lipinski definition) is 2. The highest BCUT2D eigenvalue weighted by Gasteiger charge is 2.27. The highest BCUT2D eigenvalue weighted by molar-refractivity contribution is 6.27. The van der Waals surface area contributed by atoms with E-state index in [1.54, 1.807) is 30.3 Å². The summed E-state index contributed by atoms with van der Waals surface area (Å²) in [5.74, 6) is -1.04.